The van der Waals surface area contributed by atoms with E-state index >= 15 is 0 Å². The Balaban J connectivity index is 1.72. The predicted molar refractivity (Wildman–Crippen MR) is 91.0 cm³/mol. The average Bonchev–Trinajstić information content (AvgIpc) is 2.53. The molecule has 5 nitrogen and oxygen atoms in total. The maximum atomic E-state index is 11.2. The summed E-state index contributed by atoms with van der Waals surface area (Å²) in [5.74, 6) is 0.633. The molecule has 0 radical (unpaired) electrons. The summed E-state index contributed by atoms with van der Waals surface area (Å²) in [4.78, 5) is 2.29. The largest absolute Gasteiger partial charge is 0.492 e. The summed E-state index contributed by atoms with van der Waals surface area (Å²) in [7, 11) is -1.60. The number of benzene rings is 2. The van der Waals surface area contributed by atoms with Gasteiger partial charge in [0.25, 0.3) is 0 Å². The van der Waals surface area contributed by atoms with E-state index in [4.69, 9.17) is 9.88 Å². The third-order valence-electron chi connectivity index (χ3n) is 3.52. The van der Waals surface area contributed by atoms with Crippen LogP contribution in [0.2, 0.25) is 0 Å². The molecule has 0 aromatic heterocycles. The van der Waals surface area contributed by atoms with Gasteiger partial charge < -0.3 is 9.64 Å². The molecular weight excluding hydrogens is 312 g/mol. The number of nitrogens with zero attached hydrogens (tertiary/aromatic N) is 1. The van der Waals surface area contributed by atoms with Crippen molar-refractivity contribution in [2.75, 3.05) is 26.7 Å². The molecule has 6 heteroatoms. The monoisotopic (exact) mass is 334 g/mol. The first kappa shape index (κ1) is 17.5. The number of nitrogens with two attached hydrogens (primary N) is 1. The van der Waals surface area contributed by atoms with E-state index in [2.05, 4.69) is 24.1 Å². The fourth-order valence-electron chi connectivity index (χ4n) is 2.12. The van der Waals surface area contributed by atoms with Crippen molar-refractivity contribution in [1.82, 2.24) is 4.90 Å². The van der Waals surface area contributed by atoms with Gasteiger partial charge in [-0.1, -0.05) is 30.3 Å². The highest BCUT2D eigenvalue weighted by Gasteiger charge is 2.07. The van der Waals surface area contributed by atoms with E-state index in [1.54, 1.807) is 12.1 Å². The van der Waals surface area contributed by atoms with E-state index in [-0.39, 0.29) is 4.90 Å². The fraction of sp³-hybridized carbons (Fsp3) is 0.294. The molecule has 23 heavy (non-hydrogen) atoms. The highest BCUT2D eigenvalue weighted by atomic mass is 32.2. The lowest BCUT2D eigenvalue weighted by molar-refractivity contribution is 0.239. The van der Waals surface area contributed by atoms with Crippen LogP contribution in [-0.4, -0.2) is 40.1 Å². The van der Waals surface area contributed by atoms with Gasteiger partial charge in [-0.15, -0.1) is 0 Å². The van der Waals surface area contributed by atoms with Gasteiger partial charge >= 0.3 is 0 Å². The molecule has 2 aromatic rings. The zero-order chi connectivity index (χ0) is 16.7. The maximum Gasteiger partial charge on any atom is 0.238 e. The summed E-state index contributed by atoms with van der Waals surface area (Å²) in [6.45, 7) is 2.29. The van der Waals surface area contributed by atoms with Crippen molar-refractivity contribution in [3.63, 3.8) is 0 Å². The fourth-order valence-corrected chi connectivity index (χ4v) is 2.64. The minimum absolute atomic E-state index is 0.0878. The van der Waals surface area contributed by atoms with Crippen LogP contribution in [0.3, 0.4) is 0 Å². The third kappa shape index (κ3) is 6.02. The molecular formula is C17H22N2O3S. The van der Waals surface area contributed by atoms with Crippen molar-refractivity contribution in [2.45, 2.75) is 11.3 Å². The number of hydrogen-bond donors (Lipinski definition) is 1. The highest BCUT2D eigenvalue weighted by Crippen LogP contribution is 2.14. The van der Waals surface area contributed by atoms with E-state index < -0.39 is 10.0 Å². The Morgan fingerprint density at radius 1 is 1.00 bits per heavy atom. The van der Waals surface area contributed by atoms with E-state index in [9.17, 15) is 8.42 Å². The van der Waals surface area contributed by atoms with Crippen molar-refractivity contribution in [2.24, 2.45) is 5.14 Å². The van der Waals surface area contributed by atoms with Crippen LogP contribution >= 0.6 is 0 Å². The molecule has 0 aliphatic heterocycles. The van der Waals surface area contributed by atoms with Crippen molar-refractivity contribution < 1.29 is 13.2 Å². The van der Waals surface area contributed by atoms with Crippen LogP contribution in [0.5, 0.6) is 5.75 Å². The Morgan fingerprint density at radius 2 is 1.65 bits per heavy atom. The van der Waals surface area contributed by atoms with Crippen LogP contribution < -0.4 is 9.88 Å². The second kappa shape index (κ2) is 8.10. The second-order valence-corrected chi connectivity index (χ2v) is 6.97. The average molecular weight is 334 g/mol. The van der Waals surface area contributed by atoms with Gasteiger partial charge in [0.1, 0.15) is 12.4 Å². The lowest BCUT2D eigenvalue weighted by Gasteiger charge is -2.17. The number of hydrogen-bond acceptors (Lipinski definition) is 4. The van der Waals surface area contributed by atoms with Crippen LogP contribution in [0.1, 0.15) is 5.56 Å². The Labute approximate surface area is 137 Å². The van der Waals surface area contributed by atoms with Gasteiger partial charge in [0, 0.05) is 13.1 Å². The topological polar surface area (TPSA) is 72.6 Å². The summed E-state index contributed by atoms with van der Waals surface area (Å²) in [6.07, 6.45) is 1.00. The normalized spacial score (nSPS) is 11.6. The standard InChI is InChI=1S/C17H22N2O3S/c1-19(12-11-15-5-3-2-4-6-15)13-14-22-16-7-9-17(10-8-16)23(18,20)21/h2-10H,11-14H2,1H3,(H2,18,20,21). The molecule has 2 rings (SSSR count). The van der Waals surface area contributed by atoms with E-state index in [1.807, 2.05) is 18.2 Å². The van der Waals surface area contributed by atoms with Gasteiger partial charge in [-0.05, 0) is 43.3 Å². The highest BCUT2D eigenvalue weighted by molar-refractivity contribution is 7.89. The molecule has 0 saturated carbocycles. The lowest BCUT2D eigenvalue weighted by Crippen LogP contribution is -2.26. The van der Waals surface area contributed by atoms with E-state index in [0.29, 0.717) is 12.4 Å². The van der Waals surface area contributed by atoms with Crippen LogP contribution in [0.25, 0.3) is 0 Å². The van der Waals surface area contributed by atoms with Crippen molar-refractivity contribution >= 4 is 10.0 Å². The molecule has 2 aromatic carbocycles. The molecule has 0 amide bonds. The quantitative estimate of drug-likeness (QED) is 0.800. The van der Waals surface area contributed by atoms with Crippen LogP contribution in [0.4, 0.5) is 0 Å². The van der Waals surface area contributed by atoms with Gasteiger partial charge in [0.15, 0.2) is 0 Å². The maximum absolute atomic E-state index is 11.2. The Hall–Kier alpha value is -1.89. The molecule has 0 unspecified atom stereocenters. The first-order chi connectivity index (χ1) is 10.9. The number of sulfonamides is 1. The summed E-state index contributed by atoms with van der Waals surface area (Å²) >= 11 is 0. The first-order valence-electron chi connectivity index (χ1n) is 7.43. The van der Waals surface area contributed by atoms with Crippen molar-refractivity contribution in [3.8, 4) is 5.75 Å². The van der Waals surface area contributed by atoms with E-state index in [0.717, 1.165) is 19.5 Å². The summed E-state index contributed by atoms with van der Waals surface area (Å²) in [5.41, 5.74) is 1.32. The molecule has 0 aliphatic rings. The molecule has 0 aliphatic carbocycles. The smallest absolute Gasteiger partial charge is 0.238 e. The summed E-state index contributed by atoms with van der Waals surface area (Å²) in [5, 5.41) is 5.05. The SMILES string of the molecule is CN(CCOc1ccc(S(N)(=O)=O)cc1)CCc1ccccc1. The second-order valence-electron chi connectivity index (χ2n) is 5.40. The molecule has 0 spiro atoms. The Bertz CT molecular complexity index is 700. The minimum atomic E-state index is -3.65. The van der Waals surface area contributed by atoms with Crippen LogP contribution in [-0.2, 0) is 16.4 Å². The van der Waals surface area contributed by atoms with Gasteiger partial charge in [-0.2, -0.15) is 0 Å². The Kier molecular flexibility index (Phi) is 6.15. The molecule has 0 heterocycles. The van der Waals surface area contributed by atoms with Crippen molar-refractivity contribution in [3.05, 3.63) is 60.2 Å². The number of likely N-dealkylation sites (N-methyl/N-ethyl adjacent to an activating group) is 1. The van der Waals surface area contributed by atoms with Gasteiger partial charge in [-0.25, -0.2) is 13.6 Å². The van der Waals surface area contributed by atoms with Gasteiger partial charge in [-0.3, -0.25) is 0 Å². The molecule has 2 N–H and O–H groups in total. The zero-order valence-corrected chi connectivity index (χ0v) is 14.0. The molecule has 0 fully saturated rings. The zero-order valence-electron chi connectivity index (χ0n) is 13.2. The number of rotatable bonds is 8. The minimum Gasteiger partial charge on any atom is -0.492 e. The number of primary sulfonamides is 1. The summed E-state index contributed by atoms with van der Waals surface area (Å²) < 4.78 is 28.0. The third-order valence-corrected chi connectivity index (χ3v) is 4.45. The van der Waals surface area contributed by atoms with Crippen LogP contribution in [0, 0.1) is 0 Å². The first-order valence-corrected chi connectivity index (χ1v) is 8.98. The van der Waals surface area contributed by atoms with Crippen LogP contribution in [0.15, 0.2) is 59.5 Å². The Morgan fingerprint density at radius 3 is 2.26 bits per heavy atom. The number of ether oxygens (including phenoxy) is 1. The molecule has 0 bridgehead atoms. The van der Waals surface area contributed by atoms with Crippen molar-refractivity contribution in [1.29, 1.82) is 0 Å². The molecule has 0 atom stereocenters. The van der Waals surface area contributed by atoms with E-state index in [1.165, 1.54) is 17.7 Å². The molecule has 0 saturated heterocycles. The predicted octanol–water partition coefficient (Wildman–Crippen LogP) is 1.89. The summed E-state index contributed by atoms with van der Waals surface area (Å²) in [6, 6.07) is 16.5. The van der Waals surface area contributed by atoms with Gasteiger partial charge in [0.05, 0.1) is 4.90 Å². The lowest BCUT2D eigenvalue weighted by atomic mass is 10.1. The van der Waals surface area contributed by atoms with Gasteiger partial charge in [0.2, 0.25) is 10.0 Å². The molecule has 124 valence electrons.